The number of hydrogen-bond donors (Lipinski definition) is 1. The molecule has 1 aliphatic rings. The van der Waals surface area contributed by atoms with E-state index in [1.807, 2.05) is 41.3 Å². The highest BCUT2D eigenvalue weighted by molar-refractivity contribution is 5.97. The van der Waals surface area contributed by atoms with Crippen LogP contribution < -0.4 is 0 Å². The molecule has 1 amide bonds. The van der Waals surface area contributed by atoms with Crippen LogP contribution in [0.1, 0.15) is 43.8 Å². The Morgan fingerprint density at radius 3 is 2.47 bits per heavy atom. The van der Waals surface area contributed by atoms with E-state index in [9.17, 15) is 9.59 Å². The molecule has 3 aromatic carbocycles. The SMILES string of the molecule is [C-]#[N+]c1ccc2c(c1)CCN([C@H](CCc1ccc(C(=O)O)cc1)Cc1ccccc1)C2=O. The lowest BCUT2D eigenvalue weighted by molar-refractivity contribution is 0.0647. The summed E-state index contributed by atoms with van der Waals surface area (Å²) in [7, 11) is 0. The minimum absolute atomic E-state index is 0.0185. The second kappa shape index (κ2) is 9.49. The van der Waals surface area contributed by atoms with Gasteiger partial charge in [-0.2, -0.15) is 0 Å². The molecule has 160 valence electrons. The van der Waals surface area contributed by atoms with Crippen molar-refractivity contribution in [3.05, 3.63) is 112 Å². The predicted octanol–water partition coefficient (Wildman–Crippen LogP) is 5.18. The molecule has 0 radical (unpaired) electrons. The van der Waals surface area contributed by atoms with Crippen molar-refractivity contribution in [3.63, 3.8) is 0 Å². The Hall–Kier alpha value is -3.91. The van der Waals surface area contributed by atoms with Crippen molar-refractivity contribution in [1.82, 2.24) is 4.90 Å². The molecule has 3 aromatic rings. The lowest BCUT2D eigenvalue weighted by Crippen LogP contribution is -2.46. The third-order valence-electron chi connectivity index (χ3n) is 6.05. The van der Waals surface area contributed by atoms with Gasteiger partial charge in [-0.25, -0.2) is 9.64 Å². The zero-order chi connectivity index (χ0) is 22.5. The minimum atomic E-state index is -0.933. The zero-order valence-corrected chi connectivity index (χ0v) is 17.7. The van der Waals surface area contributed by atoms with Crippen LogP contribution >= 0.6 is 0 Å². The number of carbonyl (C=O) groups is 2. The number of rotatable bonds is 7. The number of amides is 1. The van der Waals surface area contributed by atoms with Crippen LogP contribution in [0.15, 0.2) is 72.8 Å². The molecule has 0 saturated carbocycles. The number of carboxylic acids is 1. The van der Waals surface area contributed by atoms with Crippen LogP contribution in [0.5, 0.6) is 0 Å². The van der Waals surface area contributed by atoms with Gasteiger partial charge < -0.3 is 10.0 Å². The van der Waals surface area contributed by atoms with Crippen LogP contribution in [0.2, 0.25) is 0 Å². The van der Waals surface area contributed by atoms with Crippen LogP contribution in [-0.2, 0) is 19.3 Å². The summed E-state index contributed by atoms with van der Waals surface area (Å²) in [6, 6.07) is 22.5. The van der Waals surface area contributed by atoms with Crippen LogP contribution in [0.4, 0.5) is 5.69 Å². The number of aryl methyl sites for hydroxylation is 1. The van der Waals surface area contributed by atoms with E-state index in [1.54, 1.807) is 24.3 Å². The molecule has 0 aromatic heterocycles. The largest absolute Gasteiger partial charge is 0.478 e. The lowest BCUT2D eigenvalue weighted by atomic mass is 9.92. The monoisotopic (exact) mass is 424 g/mol. The summed E-state index contributed by atoms with van der Waals surface area (Å²) in [5.41, 5.74) is 4.71. The smallest absolute Gasteiger partial charge is 0.335 e. The van der Waals surface area contributed by atoms with Gasteiger partial charge in [0.25, 0.3) is 5.91 Å². The molecule has 1 atom stereocenters. The van der Waals surface area contributed by atoms with Gasteiger partial charge in [0.15, 0.2) is 5.69 Å². The maximum Gasteiger partial charge on any atom is 0.335 e. The van der Waals surface area contributed by atoms with Crippen molar-refractivity contribution >= 4 is 17.6 Å². The van der Waals surface area contributed by atoms with Gasteiger partial charge in [0, 0.05) is 18.2 Å². The van der Waals surface area contributed by atoms with Crippen LogP contribution in [-0.4, -0.2) is 34.5 Å². The highest BCUT2D eigenvalue weighted by Gasteiger charge is 2.30. The number of carboxylic acid groups (broad SMARTS) is 1. The van der Waals surface area contributed by atoms with Crippen LogP contribution in [0.3, 0.4) is 0 Å². The topological polar surface area (TPSA) is 62.0 Å². The van der Waals surface area contributed by atoms with Crippen LogP contribution in [0, 0.1) is 6.57 Å². The fourth-order valence-corrected chi connectivity index (χ4v) is 4.31. The molecule has 0 spiro atoms. The van der Waals surface area contributed by atoms with E-state index in [-0.39, 0.29) is 17.5 Å². The number of fused-ring (bicyclic) bond motifs is 1. The first kappa shape index (κ1) is 21.3. The second-order valence-corrected chi connectivity index (χ2v) is 8.09. The third kappa shape index (κ3) is 4.70. The fourth-order valence-electron chi connectivity index (χ4n) is 4.31. The van der Waals surface area contributed by atoms with Crippen LogP contribution in [0.25, 0.3) is 4.85 Å². The Balaban J connectivity index is 1.55. The van der Waals surface area contributed by atoms with Gasteiger partial charge in [-0.15, -0.1) is 0 Å². The first-order valence-corrected chi connectivity index (χ1v) is 10.7. The zero-order valence-electron chi connectivity index (χ0n) is 17.7. The molecule has 0 unspecified atom stereocenters. The Morgan fingerprint density at radius 2 is 1.78 bits per heavy atom. The molecule has 1 N–H and O–H groups in total. The summed E-state index contributed by atoms with van der Waals surface area (Å²) in [4.78, 5) is 29.9. The number of aromatic carboxylic acids is 1. The molecule has 0 bridgehead atoms. The molecule has 0 fully saturated rings. The number of carbonyl (C=O) groups excluding carboxylic acids is 1. The summed E-state index contributed by atoms with van der Waals surface area (Å²) in [5, 5.41) is 9.11. The first-order chi connectivity index (χ1) is 15.5. The molecular weight excluding hydrogens is 400 g/mol. The second-order valence-electron chi connectivity index (χ2n) is 8.09. The Labute approximate surface area is 187 Å². The Morgan fingerprint density at radius 1 is 1.03 bits per heavy atom. The van der Waals surface area contributed by atoms with Gasteiger partial charge in [0.1, 0.15) is 0 Å². The van der Waals surface area contributed by atoms with Gasteiger partial charge in [-0.1, -0.05) is 60.7 Å². The lowest BCUT2D eigenvalue weighted by Gasteiger charge is -2.36. The van der Waals surface area contributed by atoms with Gasteiger partial charge in [-0.3, -0.25) is 4.79 Å². The summed E-state index contributed by atoms with van der Waals surface area (Å²) in [6.45, 7) is 7.84. The predicted molar refractivity (Wildman–Crippen MR) is 123 cm³/mol. The van der Waals surface area contributed by atoms with Crippen molar-refractivity contribution < 1.29 is 14.7 Å². The van der Waals surface area contributed by atoms with E-state index in [0.717, 1.165) is 36.8 Å². The summed E-state index contributed by atoms with van der Waals surface area (Å²) < 4.78 is 0. The minimum Gasteiger partial charge on any atom is -0.478 e. The molecule has 32 heavy (non-hydrogen) atoms. The number of nitrogens with zero attached hydrogens (tertiary/aromatic N) is 2. The van der Waals surface area contributed by atoms with Gasteiger partial charge in [0.2, 0.25) is 0 Å². The van der Waals surface area contributed by atoms with Gasteiger partial charge in [-0.05, 0) is 54.5 Å². The van der Waals surface area contributed by atoms with E-state index < -0.39 is 5.97 Å². The molecule has 0 saturated heterocycles. The molecule has 4 rings (SSSR count). The fraction of sp³-hybridized carbons (Fsp3) is 0.222. The molecule has 5 heteroatoms. The van der Waals surface area contributed by atoms with Crippen molar-refractivity contribution in [1.29, 1.82) is 0 Å². The van der Waals surface area contributed by atoms with E-state index in [0.29, 0.717) is 17.8 Å². The summed E-state index contributed by atoms with van der Waals surface area (Å²) >= 11 is 0. The van der Waals surface area contributed by atoms with Gasteiger partial charge >= 0.3 is 5.97 Å². The van der Waals surface area contributed by atoms with E-state index in [2.05, 4.69) is 17.0 Å². The first-order valence-electron chi connectivity index (χ1n) is 10.7. The van der Waals surface area contributed by atoms with Crippen molar-refractivity contribution in [2.24, 2.45) is 0 Å². The molecule has 1 heterocycles. The highest BCUT2D eigenvalue weighted by atomic mass is 16.4. The molecule has 5 nitrogen and oxygen atoms in total. The third-order valence-corrected chi connectivity index (χ3v) is 6.05. The summed E-state index contributed by atoms with van der Waals surface area (Å²) in [6.07, 6.45) is 3.03. The molecule has 0 aliphatic carbocycles. The molecule has 1 aliphatic heterocycles. The molecular formula is C27H24N2O3. The van der Waals surface area contributed by atoms with Gasteiger partial charge in [0.05, 0.1) is 12.1 Å². The summed E-state index contributed by atoms with van der Waals surface area (Å²) in [5.74, 6) is -0.914. The number of benzene rings is 3. The van der Waals surface area contributed by atoms with E-state index in [1.165, 1.54) is 5.56 Å². The maximum atomic E-state index is 13.4. The quantitative estimate of drug-likeness (QED) is 0.532. The average Bonchev–Trinajstić information content (AvgIpc) is 2.83. The highest BCUT2D eigenvalue weighted by Crippen LogP contribution is 2.27. The standard InChI is InChI=1S/C27H24N2O3/c1-28-23-12-14-25-22(18-23)15-16-29(26(25)30)24(17-20-5-3-2-4-6-20)13-9-19-7-10-21(11-8-19)27(31)32/h2-8,10-12,14,18,24H,9,13,15-17H2,(H,31,32)/t24-/m1/s1. The average molecular weight is 425 g/mol. The van der Waals surface area contributed by atoms with E-state index >= 15 is 0 Å². The van der Waals surface area contributed by atoms with Crippen molar-refractivity contribution in [2.45, 2.75) is 31.7 Å². The number of hydrogen-bond acceptors (Lipinski definition) is 2. The van der Waals surface area contributed by atoms with E-state index in [4.69, 9.17) is 11.7 Å². The normalized spacial score (nSPS) is 13.8. The Kier molecular flexibility index (Phi) is 6.32. The Bertz CT molecular complexity index is 1160. The van der Waals surface area contributed by atoms with Crippen molar-refractivity contribution in [2.75, 3.05) is 6.54 Å². The van der Waals surface area contributed by atoms with Crippen molar-refractivity contribution in [3.8, 4) is 0 Å². The maximum absolute atomic E-state index is 13.4.